The molecule has 16 atom stereocenters. The maximum Gasteiger partial charge on any atom is 0.243 e. The standard InChI is InChI=1S/C67H113N21O19/c1-32(53(93)72-31-51(91)85-50(52(71)92)30-45-23-25-46(90)26-24-45)74-59(99)38(7)82-65(105)47(20-14-17-27-68)87-63(103)42(11)80-57(97)36(5)75-56(96)35(4)78-61(101)40(9)84-67(107)49(22-16-19-29-70)88-64(104)43(12)81-58(98)37(6)76-55(95)34(3)77-60(100)39(8)83-66(106)48(21-15-18-28-69)86-62(102)41(10)79-54(94)33(2)73-44(13)89/h23-26,32-43,47-50,90H,14-22,27-31,68-70H2,1-13H3,(H2,71,92)(H,72,93)(H,73,89)(H,74,99)(H,75,96)(H,76,95)(H,77,100)(H,78,101)(H,79,94)(H,80,97)(H,81,98)(H,82,105)(H,83,106)(H,84,107)(H,85,91)(H,86,102)(H,87,103)(H,88,104)/t32-,33-,34-,35-,36-,37-,38-,39-,40-,41-,42-,43-,47-,48-,49-,50-/m0/s1. The number of carbonyl (C=O) groups is 18. The van der Waals surface area contributed by atoms with Crippen molar-refractivity contribution in [3.05, 3.63) is 29.8 Å². The average molecular weight is 1520 g/mol. The lowest BCUT2D eigenvalue weighted by Crippen LogP contribution is -2.59. The van der Waals surface area contributed by atoms with Crippen molar-refractivity contribution in [2.75, 3.05) is 26.2 Å². The summed E-state index contributed by atoms with van der Waals surface area (Å²) in [5.41, 5.74) is 23.0. The van der Waals surface area contributed by atoms with Gasteiger partial charge in [0.15, 0.2) is 0 Å². The van der Waals surface area contributed by atoms with E-state index in [0.717, 1.165) is 0 Å². The van der Waals surface area contributed by atoms with Crippen molar-refractivity contribution in [2.24, 2.45) is 22.9 Å². The van der Waals surface area contributed by atoms with Crippen molar-refractivity contribution >= 4 is 106 Å². The molecule has 0 radical (unpaired) electrons. The van der Waals surface area contributed by atoms with E-state index in [2.05, 4.69) is 90.4 Å². The summed E-state index contributed by atoms with van der Waals surface area (Å²) < 4.78 is 0. The molecule has 0 heterocycles. The Morgan fingerprint density at radius 1 is 0.299 bits per heavy atom. The van der Waals surface area contributed by atoms with Gasteiger partial charge in [-0.15, -0.1) is 0 Å². The molecule has 1 rings (SSSR count). The number of hydrogen-bond acceptors (Lipinski definition) is 22. The van der Waals surface area contributed by atoms with Gasteiger partial charge in [-0.3, -0.25) is 86.3 Å². The molecular weight excluding hydrogens is 1400 g/mol. The van der Waals surface area contributed by atoms with E-state index in [9.17, 15) is 91.4 Å². The zero-order valence-corrected chi connectivity index (χ0v) is 63.1. The first-order valence-corrected chi connectivity index (χ1v) is 35.3. The van der Waals surface area contributed by atoms with Crippen LogP contribution >= 0.6 is 0 Å². The minimum absolute atomic E-state index is 0.00193. The molecule has 0 saturated heterocycles. The first-order chi connectivity index (χ1) is 50.1. The Kier molecular flexibility index (Phi) is 42.7. The van der Waals surface area contributed by atoms with Crippen LogP contribution in [0.25, 0.3) is 0 Å². The topological polar surface area (TPSA) is 636 Å². The van der Waals surface area contributed by atoms with E-state index in [-0.39, 0.29) is 51.1 Å². The predicted molar refractivity (Wildman–Crippen MR) is 387 cm³/mol. The highest BCUT2D eigenvalue weighted by atomic mass is 16.3. The minimum atomic E-state index is -1.33. The highest BCUT2D eigenvalue weighted by molar-refractivity contribution is 6.00. The van der Waals surface area contributed by atoms with Crippen molar-refractivity contribution in [1.29, 1.82) is 0 Å². The summed E-state index contributed by atoms with van der Waals surface area (Å²) in [5, 5.41) is 51.2. The zero-order valence-electron chi connectivity index (χ0n) is 63.1. The smallest absolute Gasteiger partial charge is 0.243 e. The molecule has 0 unspecified atom stereocenters. The number of benzene rings is 1. The van der Waals surface area contributed by atoms with Gasteiger partial charge in [-0.05, 0) is 178 Å². The Morgan fingerprint density at radius 2 is 0.523 bits per heavy atom. The highest BCUT2D eigenvalue weighted by Gasteiger charge is 2.34. The Hall–Kier alpha value is -10.6. The van der Waals surface area contributed by atoms with Crippen molar-refractivity contribution < 1.29 is 91.4 Å². The van der Waals surface area contributed by atoms with E-state index in [1.165, 1.54) is 114 Å². The van der Waals surface area contributed by atoms with Crippen molar-refractivity contribution in [1.82, 2.24) is 90.4 Å². The number of phenols is 1. The second-order valence-corrected chi connectivity index (χ2v) is 26.1. The fourth-order valence-electron chi connectivity index (χ4n) is 9.57. The van der Waals surface area contributed by atoms with Crippen LogP contribution in [0, 0.1) is 0 Å². The molecule has 0 saturated carbocycles. The molecule has 600 valence electrons. The Balaban J connectivity index is 2.84. The molecule has 0 aromatic heterocycles. The molecule has 1 aromatic rings. The zero-order chi connectivity index (χ0) is 81.5. The van der Waals surface area contributed by atoms with Crippen LogP contribution in [0.5, 0.6) is 5.75 Å². The summed E-state index contributed by atoms with van der Waals surface area (Å²) in [4.78, 5) is 235. The monoisotopic (exact) mass is 1520 g/mol. The van der Waals surface area contributed by atoms with Crippen LogP contribution < -0.4 is 113 Å². The second kappa shape index (κ2) is 48.5. The summed E-state index contributed by atoms with van der Waals surface area (Å²) in [6.45, 7) is 17.1. The van der Waals surface area contributed by atoms with Crippen LogP contribution in [0.3, 0.4) is 0 Å². The van der Waals surface area contributed by atoms with Crippen LogP contribution in [0.15, 0.2) is 24.3 Å². The lowest BCUT2D eigenvalue weighted by molar-refractivity contribution is -0.135. The number of unbranched alkanes of at least 4 members (excludes halogenated alkanes) is 3. The molecule has 0 fully saturated rings. The molecule has 40 heteroatoms. The number of aromatic hydroxyl groups is 1. The van der Waals surface area contributed by atoms with Crippen molar-refractivity contribution in [3.8, 4) is 5.75 Å². The van der Waals surface area contributed by atoms with Crippen molar-refractivity contribution in [3.63, 3.8) is 0 Å². The number of amides is 18. The lowest BCUT2D eigenvalue weighted by Gasteiger charge is -2.25. The summed E-state index contributed by atoms with van der Waals surface area (Å²) in [6, 6.07) is -14.1. The number of phenolic OH excluding ortho intramolecular Hbond substituents is 1. The van der Waals surface area contributed by atoms with Gasteiger partial charge in [0, 0.05) is 13.3 Å². The molecular formula is C67H113N21O19. The van der Waals surface area contributed by atoms with Crippen LogP contribution in [-0.4, -0.2) is 234 Å². The average Bonchev–Trinajstić information content (AvgIpc) is 0.883. The number of primary amides is 1. The number of carbonyl (C=O) groups excluding carboxylic acids is 18. The number of hydrogen-bond donors (Lipinski definition) is 22. The predicted octanol–water partition coefficient (Wildman–Crippen LogP) is -8.06. The molecule has 107 heavy (non-hydrogen) atoms. The molecule has 1 aromatic carbocycles. The molecule has 0 aliphatic heterocycles. The van der Waals surface area contributed by atoms with E-state index < -0.39 is 210 Å². The quantitative estimate of drug-likeness (QED) is 0.0270. The molecule has 0 bridgehead atoms. The van der Waals surface area contributed by atoms with Gasteiger partial charge < -0.3 is 118 Å². The third kappa shape index (κ3) is 36.3. The SMILES string of the molecule is CC(=O)N[C@@H](C)C(=O)N[C@@H](C)C(=O)N[C@@H](CCCCN)C(=O)N[C@@H](C)C(=O)N[C@@H](C)C(=O)N[C@@H](C)C(=O)N[C@@H](C)C(=O)N[C@@H](CCCCN)C(=O)N[C@@H](C)C(=O)N[C@@H](C)C(=O)N[C@@H](C)C(=O)N[C@@H](C)C(=O)N[C@@H](CCCCN)C(=O)N[C@@H](C)C(=O)N[C@@H](C)C(=O)NCC(=O)N[C@@H](Cc1ccc(O)cc1)C(N)=O. The van der Waals surface area contributed by atoms with Crippen LogP contribution in [0.1, 0.15) is 153 Å². The summed E-state index contributed by atoms with van der Waals surface area (Å²) in [7, 11) is 0. The van der Waals surface area contributed by atoms with Gasteiger partial charge in [0.25, 0.3) is 0 Å². The lowest BCUT2D eigenvalue weighted by atomic mass is 10.1. The molecule has 26 N–H and O–H groups in total. The van der Waals surface area contributed by atoms with Gasteiger partial charge in [0.05, 0.1) is 6.54 Å². The van der Waals surface area contributed by atoms with Gasteiger partial charge in [0.1, 0.15) is 102 Å². The maximum atomic E-state index is 13.7. The van der Waals surface area contributed by atoms with E-state index in [1.807, 2.05) is 0 Å². The Bertz CT molecular complexity index is 3250. The third-order valence-electron chi connectivity index (χ3n) is 16.3. The molecule has 0 aliphatic carbocycles. The van der Waals surface area contributed by atoms with E-state index in [4.69, 9.17) is 22.9 Å². The largest absolute Gasteiger partial charge is 0.508 e. The normalized spacial score (nSPS) is 15.4. The summed E-state index contributed by atoms with van der Waals surface area (Å²) in [5.74, 6) is -14.3. The molecule has 40 nitrogen and oxygen atoms in total. The number of rotatable bonds is 48. The number of nitrogens with one attached hydrogen (secondary N) is 17. The summed E-state index contributed by atoms with van der Waals surface area (Å²) in [6.07, 6.45) is 2.61. The third-order valence-corrected chi connectivity index (χ3v) is 16.3. The van der Waals surface area contributed by atoms with Gasteiger partial charge in [-0.2, -0.15) is 0 Å². The maximum absolute atomic E-state index is 13.7. The van der Waals surface area contributed by atoms with E-state index >= 15 is 0 Å². The van der Waals surface area contributed by atoms with Crippen LogP contribution in [0.4, 0.5) is 0 Å². The van der Waals surface area contributed by atoms with Gasteiger partial charge in [-0.25, -0.2) is 0 Å². The highest BCUT2D eigenvalue weighted by Crippen LogP contribution is 2.12. The molecule has 18 amide bonds. The number of nitrogens with two attached hydrogens (primary N) is 4. The summed E-state index contributed by atoms with van der Waals surface area (Å²) >= 11 is 0. The molecule has 0 aliphatic rings. The van der Waals surface area contributed by atoms with Crippen LogP contribution in [-0.2, 0) is 92.7 Å². The molecule has 0 spiro atoms. The Morgan fingerprint density at radius 3 is 0.757 bits per heavy atom. The van der Waals surface area contributed by atoms with Gasteiger partial charge in [0.2, 0.25) is 106 Å². The van der Waals surface area contributed by atoms with Gasteiger partial charge >= 0.3 is 0 Å². The fourth-order valence-corrected chi connectivity index (χ4v) is 9.57. The first kappa shape index (κ1) is 94.4. The minimum Gasteiger partial charge on any atom is -0.508 e. The second-order valence-electron chi connectivity index (χ2n) is 26.1. The first-order valence-electron chi connectivity index (χ1n) is 35.3. The van der Waals surface area contributed by atoms with E-state index in [0.29, 0.717) is 44.1 Å². The van der Waals surface area contributed by atoms with Crippen LogP contribution in [0.2, 0.25) is 0 Å². The Labute approximate surface area is 621 Å². The van der Waals surface area contributed by atoms with Gasteiger partial charge in [-0.1, -0.05) is 12.1 Å². The fraction of sp³-hybridized carbons (Fsp3) is 0.642. The van der Waals surface area contributed by atoms with Crippen molar-refractivity contribution in [2.45, 2.75) is 251 Å². The van der Waals surface area contributed by atoms with E-state index in [1.54, 1.807) is 0 Å².